The van der Waals surface area contributed by atoms with Crippen molar-refractivity contribution in [3.05, 3.63) is 231 Å². The standard InChI is InChI=1S/C58H38B2N2O2/c1-3-21-43(22-4-1)61-53-29-11-13-31-55(53)63-59(61)57-51-37-41(47-27-15-19-39-17-7-9-25-45(39)47)33-35-49(51)50-36-34-42(48-28-16-20-40-18-8-10-26-46(40)48)38-52(50)58(57)60-62(44-23-5-2-6-24-44)54-30-12-14-32-56(54)64-60/h1-38H. The van der Waals surface area contributed by atoms with E-state index in [4.69, 9.17) is 9.31 Å². The number of nitrogens with zero attached hydrogens (tertiary/aromatic N) is 2. The van der Waals surface area contributed by atoms with E-state index in [1.54, 1.807) is 0 Å². The number of hydrogen-bond acceptors (Lipinski definition) is 4. The molecule has 0 aliphatic carbocycles. The van der Waals surface area contributed by atoms with Crippen molar-refractivity contribution < 1.29 is 9.31 Å². The Morgan fingerprint density at radius 3 is 1.16 bits per heavy atom. The fourth-order valence-electron chi connectivity index (χ4n) is 10.3. The Hall–Kier alpha value is -8.21. The lowest BCUT2D eigenvalue weighted by atomic mass is 9.55. The molecule has 0 bridgehead atoms. The molecule has 6 heteroatoms. The first-order valence-corrected chi connectivity index (χ1v) is 22.0. The number of benzene rings is 11. The fraction of sp³-hybridized carbons (Fsp3) is 0. The van der Waals surface area contributed by atoms with Crippen molar-refractivity contribution >= 4 is 90.9 Å². The summed E-state index contributed by atoms with van der Waals surface area (Å²) in [5.41, 5.74) is 10.9. The van der Waals surface area contributed by atoms with Gasteiger partial charge in [0.25, 0.3) is 0 Å². The lowest BCUT2D eigenvalue weighted by Crippen LogP contribution is -2.61. The molecule has 64 heavy (non-hydrogen) atoms. The topological polar surface area (TPSA) is 24.9 Å². The molecule has 298 valence electrons. The van der Waals surface area contributed by atoms with Gasteiger partial charge in [0.1, 0.15) is 11.5 Å². The van der Waals surface area contributed by atoms with Crippen LogP contribution in [0.25, 0.3) is 65.3 Å². The predicted molar refractivity (Wildman–Crippen MR) is 269 cm³/mol. The van der Waals surface area contributed by atoms with Gasteiger partial charge in [0.05, 0.1) is 11.4 Å². The zero-order valence-corrected chi connectivity index (χ0v) is 34.8. The van der Waals surface area contributed by atoms with Crippen LogP contribution in [0, 0.1) is 0 Å². The summed E-state index contributed by atoms with van der Waals surface area (Å²) >= 11 is 0. The van der Waals surface area contributed by atoms with Crippen LogP contribution in [0.2, 0.25) is 0 Å². The molecule has 13 rings (SSSR count). The van der Waals surface area contributed by atoms with Gasteiger partial charge in [-0.05, 0) is 137 Å². The molecule has 0 radical (unpaired) electrons. The monoisotopic (exact) mass is 816 g/mol. The van der Waals surface area contributed by atoms with Gasteiger partial charge < -0.3 is 18.9 Å². The molecule has 11 aromatic carbocycles. The molecule has 2 heterocycles. The molecule has 11 aromatic rings. The van der Waals surface area contributed by atoms with E-state index in [9.17, 15) is 0 Å². The Bertz CT molecular complexity index is 3370. The first-order valence-electron chi connectivity index (χ1n) is 22.0. The molecule has 2 aliphatic heterocycles. The number of fused-ring (bicyclic) bond motifs is 7. The Balaban J connectivity index is 1.18. The second-order valence-corrected chi connectivity index (χ2v) is 16.7. The quantitative estimate of drug-likeness (QED) is 0.123. The predicted octanol–water partition coefficient (Wildman–Crippen LogP) is 13.5. The number of anilines is 4. The summed E-state index contributed by atoms with van der Waals surface area (Å²) in [7, 11) is -1.12. The van der Waals surface area contributed by atoms with Gasteiger partial charge >= 0.3 is 14.1 Å². The number of para-hydroxylation sites is 6. The van der Waals surface area contributed by atoms with E-state index in [0.717, 1.165) is 77.8 Å². The lowest BCUT2D eigenvalue weighted by molar-refractivity contribution is 0.600. The van der Waals surface area contributed by atoms with Crippen LogP contribution < -0.4 is 29.9 Å². The largest absolute Gasteiger partial charge is 0.536 e. The van der Waals surface area contributed by atoms with Gasteiger partial charge in [0, 0.05) is 11.4 Å². The summed E-state index contributed by atoms with van der Waals surface area (Å²) in [6.45, 7) is 0. The molecule has 0 aromatic heterocycles. The molecule has 0 amide bonds. The molecular formula is C58H38B2N2O2. The van der Waals surface area contributed by atoms with Crippen molar-refractivity contribution in [3.8, 4) is 33.8 Å². The summed E-state index contributed by atoms with van der Waals surface area (Å²) in [6, 6.07) is 82.7. The number of hydrogen-bond donors (Lipinski definition) is 0. The Kier molecular flexibility index (Phi) is 8.38. The summed E-state index contributed by atoms with van der Waals surface area (Å²) in [5.74, 6) is 1.67. The maximum Gasteiger partial charge on any atom is 0.524 e. The third-order valence-electron chi connectivity index (χ3n) is 13.2. The second kappa shape index (κ2) is 14.7. The van der Waals surface area contributed by atoms with E-state index in [1.807, 2.05) is 0 Å². The summed E-state index contributed by atoms with van der Waals surface area (Å²) < 4.78 is 14.8. The smallest absolute Gasteiger partial charge is 0.524 e. The molecule has 0 atom stereocenters. The first-order chi connectivity index (χ1) is 31.8. The maximum absolute atomic E-state index is 7.38. The summed E-state index contributed by atoms with van der Waals surface area (Å²) in [4.78, 5) is 4.74. The zero-order valence-electron chi connectivity index (χ0n) is 34.8. The number of rotatable bonds is 6. The van der Waals surface area contributed by atoms with E-state index in [2.05, 4.69) is 240 Å². The minimum atomic E-state index is -0.560. The fourth-order valence-corrected chi connectivity index (χ4v) is 10.3. The summed E-state index contributed by atoms with van der Waals surface area (Å²) in [6.07, 6.45) is 0. The molecule has 0 unspecified atom stereocenters. The third-order valence-corrected chi connectivity index (χ3v) is 13.2. The van der Waals surface area contributed by atoms with Crippen LogP contribution in [0.4, 0.5) is 22.7 Å². The van der Waals surface area contributed by atoms with Crippen LogP contribution in [0.1, 0.15) is 0 Å². The zero-order chi connectivity index (χ0) is 42.1. The molecule has 0 saturated heterocycles. The minimum absolute atomic E-state index is 0.560. The van der Waals surface area contributed by atoms with Crippen molar-refractivity contribution in [2.24, 2.45) is 0 Å². The molecule has 0 fully saturated rings. The second-order valence-electron chi connectivity index (χ2n) is 16.7. The van der Waals surface area contributed by atoms with E-state index in [1.165, 1.54) is 32.7 Å². The highest BCUT2D eigenvalue weighted by Gasteiger charge is 2.49. The van der Waals surface area contributed by atoms with Crippen LogP contribution in [-0.2, 0) is 0 Å². The van der Waals surface area contributed by atoms with Crippen LogP contribution >= 0.6 is 0 Å². The molecule has 0 spiro atoms. The molecule has 0 N–H and O–H groups in total. The Morgan fingerprint density at radius 1 is 0.297 bits per heavy atom. The van der Waals surface area contributed by atoms with Crippen LogP contribution in [-0.4, -0.2) is 14.1 Å². The highest BCUT2D eigenvalue weighted by Crippen LogP contribution is 2.45. The average Bonchev–Trinajstić information content (AvgIpc) is 3.95. The van der Waals surface area contributed by atoms with Gasteiger partial charge in [-0.1, -0.05) is 170 Å². The Labute approximate surface area is 372 Å². The molecule has 4 nitrogen and oxygen atoms in total. The van der Waals surface area contributed by atoms with E-state index < -0.39 is 14.1 Å². The molecule has 2 aliphatic rings. The van der Waals surface area contributed by atoms with Crippen LogP contribution in [0.5, 0.6) is 11.5 Å². The van der Waals surface area contributed by atoms with Gasteiger partial charge in [-0.15, -0.1) is 0 Å². The summed E-state index contributed by atoms with van der Waals surface area (Å²) in [5, 5.41) is 9.36. The van der Waals surface area contributed by atoms with Gasteiger partial charge in [0.2, 0.25) is 0 Å². The van der Waals surface area contributed by atoms with Crippen molar-refractivity contribution in [2.45, 2.75) is 0 Å². The normalized spacial score (nSPS) is 13.1. The molecule has 0 saturated carbocycles. The average molecular weight is 817 g/mol. The highest BCUT2D eigenvalue weighted by atomic mass is 16.5. The maximum atomic E-state index is 7.38. The van der Waals surface area contributed by atoms with E-state index >= 15 is 0 Å². The van der Waals surface area contributed by atoms with E-state index in [0.29, 0.717) is 0 Å². The highest BCUT2D eigenvalue weighted by molar-refractivity contribution is 6.88. The lowest BCUT2D eigenvalue weighted by Gasteiger charge is -2.30. The first kappa shape index (κ1) is 36.4. The van der Waals surface area contributed by atoms with Crippen LogP contribution in [0.15, 0.2) is 231 Å². The van der Waals surface area contributed by atoms with Crippen LogP contribution in [0.3, 0.4) is 0 Å². The van der Waals surface area contributed by atoms with Gasteiger partial charge in [-0.2, -0.15) is 0 Å². The van der Waals surface area contributed by atoms with Gasteiger partial charge in [-0.3, -0.25) is 0 Å². The Morgan fingerprint density at radius 2 is 0.688 bits per heavy atom. The van der Waals surface area contributed by atoms with E-state index in [-0.39, 0.29) is 0 Å². The minimum Gasteiger partial charge on any atom is -0.536 e. The molecular weight excluding hydrogens is 778 g/mol. The van der Waals surface area contributed by atoms with Crippen molar-refractivity contribution in [1.82, 2.24) is 0 Å². The van der Waals surface area contributed by atoms with Gasteiger partial charge in [-0.25, -0.2) is 0 Å². The SMILES string of the molecule is c1ccc(N2B(c3c(B4Oc5ccccc5N4c4ccccc4)c4cc(-c5cccc6ccccc56)ccc4c4ccc(-c5cccc6ccccc56)cc34)Oc3ccccc32)cc1. The third kappa shape index (κ3) is 5.73. The van der Waals surface area contributed by atoms with Crippen molar-refractivity contribution in [2.75, 3.05) is 9.62 Å². The van der Waals surface area contributed by atoms with Gasteiger partial charge in [0.15, 0.2) is 0 Å². The van der Waals surface area contributed by atoms with Crippen molar-refractivity contribution in [3.63, 3.8) is 0 Å². The van der Waals surface area contributed by atoms with Crippen molar-refractivity contribution in [1.29, 1.82) is 0 Å².